The van der Waals surface area contributed by atoms with E-state index < -0.39 is 0 Å². The number of nitrogens with zero attached hydrogens (tertiary/aromatic N) is 4. The summed E-state index contributed by atoms with van der Waals surface area (Å²) in [6, 6.07) is 12.3. The molecule has 2 aromatic rings. The molecule has 1 aliphatic carbocycles. The Kier molecular flexibility index (Phi) is 7.22. The number of para-hydroxylation sites is 1. The Morgan fingerprint density at radius 2 is 1.94 bits per heavy atom. The van der Waals surface area contributed by atoms with Crippen molar-refractivity contribution in [3.8, 4) is 5.69 Å². The molecule has 0 radical (unpaired) electrons. The zero-order chi connectivity index (χ0) is 21.5. The second-order valence-corrected chi connectivity index (χ2v) is 8.53. The van der Waals surface area contributed by atoms with Crippen molar-refractivity contribution in [3.63, 3.8) is 0 Å². The number of hydrogen-bond acceptors (Lipinski definition) is 3. The van der Waals surface area contributed by atoms with Gasteiger partial charge < -0.3 is 15.5 Å². The maximum atomic E-state index is 12.8. The van der Waals surface area contributed by atoms with Crippen LogP contribution in [0.3, 0.4) is 0 Å². The monoisotopic (exact) mass is 422 g/mol. The van der Waals surface area contributed by atoms with Crippen LogP contribution in [0.5, 0.6) is 0 Å². The van der Waals surface area contributed by atoms with Crippen LogP contribution < -0.4 is 10.6 Å². The van der Waals surface area contributed by atoms with Crippen LogP contribution >= 0.6 is 0 Å². The first-order chi connectivity index (χ1) is 15.2. The van der Waals surface area contributed by atoms with E-state index in [1.807, 2.05) is 47.3 Å². The number of benzene rings is 1. The first-order valence-corrected chi connectivity index (χ1v) is 11.7. The average molecular weight is 423 g/mol. The molecule has 2 N–H and O–H groups in total. The molecule has 1 aromatic heterocycles. The maximum absolute atomic E-state index is 12.8. The van der Waals surface area contributed by atoms with E-state index in [2.05, 4.69) is 27.6 Å². The number of likely N-dealkylation sites (tertiary alicyclic amines) is 1. The predicted molar refractivity (Wildman–Crippen MR) is 123 cm³/mol. The molecule has 1 aliphatic heterocycles. The van der Waals surface area contributed by atoms with Gasteiger partial charge in [-0.25, -0.2) is 9.67 Å². The Morgan fingerprint density at radius 3 is 2.71 bits per heavy atom. The minimum absolute atomic E-state index is 0.243. The fourth-order valence-corrected chi connectivity index (χ4v) is 4.53. The summed E-state index contributed by atoms with van der Waals surface area (Å²) in [5, 5.41) is 11.5. The van der Waals surface area contributed by atoms with E-state index >= 15 is 0 Å². The fraction of sp³-hybridized carbons (Fsp3) is 0.542. The van der Waals surface area contributed by atoms with E-state index in [-0.39, 0.29) is 12.0 Å². The Balaban J connectivity index is 1.32. The van der Waals surface area contributed by atoms with Gasteiger partial charge >= 0.3 is 0 Å². The first kappa shape index (κ1) is 21.4. The number of carbonyl (C=O) groups is 1. The summed E-state index contributed by atoms with van der Waals surface area (Å²) in [6.45, 7) is 4.97. The highest BCUT2D eigenvalue weighted by Gasteiger charge is 2.31. The minimum atomic E-state index is 0.243. The van der Waals surface area contributed by atoms with Gasteiger partial charge in [0.05, 0.1) is 17.9 Å². The van der Waals surface area contributed by atoms with Crippen LogP contribution in [0.4, 0.5) is 0 Å². The second kappa shape index (κ2) is 10.5. The number of carbonyl (C=O) groups excluding carboxylic acids is 1. The number of aliphatic imine (C=N–C) groups is 1. The number of aromatic nitrogens is 2. The highest BCUT2D eigenvalue weighted by atomic mass is 16.2. The lowest BCUT2D eigenvalue weighted by atomic mass is 9.88. The van der Waals surface area contributed by atoms with E-state index in [0.717, 1.165) is 56.2 Å². The quantitative estimate of drug-likeness (QED) is 0.554. The van der Waals surface area contributed by atoms with Crippen molar-refractivity contribution in [1.29, 1.82) is 0 Å². The van der Waals surface area contributed by atoms with Crippen molar-refractivity contribution in [3.05, 3.63) is 48.3 Å². The van der Waals surface area contributed by atoms with E-state index in [9.17, 15) is 4.79 Å². The van der Waals surface area contributed by atoms with Crippen molar-refractivity contribution in [2.45, 2.75) is 58.0 Å². The fourth-order valence-electron chi connectivity index (χ4n) is 4.53. The van der Waals surface area contributed by atoms with Gasteiger partial charge in [-0.2, -0.15) is 5.10 Å². The minimum Gasteiger partial charge on any atom is -0.357 e. The van der Waals surface area contributed by atoms with E-state index in [0.29, 0.717) is 12.5 Å². The van der Waals surface area contributed by atoms with E-state index in [4.69, 9.17) is 4.99 Å². The molecule has 1 amide bonds. The Labute approximate surface area is 184 Å². The number of nitrogens with one attached hydrogen (secondary N) is 2. The van der Waals surface area contributed by atoms with Gasteiger partial charge in [-0.05, 0) is 44.4 Å². The summed E-state index contributed by atoms with van der Waals surface area (Å²) in [5.41, 5.74) is 1.96. The van der Waals surface area contributed by atoms with Crippen LogP contribution in [0, 0.1) is 5.92 Å². The van der Waals surface area contributed by atoms with Gasteiger partial charge in [0.25, 0.3) is 0 Å². The van der Waals surface area contributed by atoms with Gasteiger partial charge in [-0.3, -0.25) is 4.79 Å². The molecule has 2 fully saturated rings. The van der Waals surface area contributed by atoms with Gasteiger partial charge in [0.1, 0.15) is 0 Å². The number of amides is 1. The zero-order valence-electron chi connectivity index (χ0n) is 18.5. The van der Waals surface area contributed by atoms with Gasteiger partial charge in [0, 0.05) is 37.8 Å². The molecule has 31 heavy (non-hydrogen) atoms. The summed E-state index contributed by atoms with van der Waals surface area (Å²) in [5.74, 6) is 1.39. The van der Waals surface area contributed by atoms with Crippen LogP contribution in [0.2, 0.25) is 0 Å². The summed E-state index contributed by atoms with van der Waals surface area (Å²) in [6.07, 6.45) is 8.73. The lowest BCUT2D eigenvalue weighted by Gasteiger charge is -2.26. The molecule has 166 valence electrons. The molecule has 1 unspecified atom stereocenters. The molecule has 4 rings (SSSR count). The van der Waals surface area contributed by atoms with Gasteiger partial charge in [-0.15, -0.1) is 0 Å². The molecule has 0 bridgehead atoms. The predicted octanol–water partition coefficient (Wildman–Crippen LogP) is 3.11. The normalized spacial score (nSPS) is 20.1. The Hall–Kier alpha value is -2.83. The molecular formula is C24H34N6O. The highest BCUT2D eigenvalue weighted by Crippen LogP contribution is 2.26. The second-order valence-electron chi connectivity index (χ2n) is 8.53. The molecule has 1 atom stereocenters. The van der Waals surface area contributed by atoms with Crippen molar-refractivity contribution in [2.75, 3.05) is 19.6 Å². The number of guanidine groups is 1. The van der Waals surface area contributed by atoms with Crippen LogP contribution in [-0.2, 0) is 11.3 Å². The molecule has 1 aromatic carbocycles. The molecule has 1 saturated carbocycles. The molecule has 2 aliphatic rings. The average Bonchev–Trinajstić information content (AvgIpc) is 3.48. The van der Waals surface area contributed by atoms with E-state index in [1.165, 1.54) is 19.3 Å². The summed E-state index contributed by atoms with van der Waals surface area (Å²) in [7, 11) is 0. The SMILES string of the molecule is CCNC(=NCc1ccn(-c2ccccc2)n1)NC1CCN(C(=O)C2CCCCC2)C1. The van der Waals surface area contributed by atoms with Gasteiger partial charge in [0.2, 0.25) is 5.91 Å². The molecular weight excluding hydrogens is 388 g/mol. The maximum Gasteiger partial charge on any atom is 0.225 e. The molecule has 2 heterocycles. The summed E-state index contributed by atoms with van der Waals surface area (Å²) in [4.78, 5) is 19.6. The molecule has 7 nitrogen and oxygen atoms in total. The molecule has 7 heteroatoms. The van der Waals surface area contributed by atoms with Crippen LogP contribution in [0.15, 0.2) is 47.6 Å². The van der Waals surface area contributed by atoms with Crippen molar-refractivity contribution < 1.29 is 4.79 Å². The van der Waals surface area contributed by atoms with Crippen molar-refractivity contribution in [2.24, 2.45) is 10.9 Å². The van der Waals surface area contributed by atoms with E-state index in [1.54, 1.807) is 0 Å². The van der Waals surface area contributed by atoms with Gasteiger partial charge in [0.15, 0.2) is 5.96 Å². The Bertz CT molecular complexity index is 871. The molecule has 0 spiro atoms. The summed E-state index contributed by atoms with van der Waals surface area (Å²) >= 11 is 0. The third kappa shape index (κ3) is 5.66. The number of rotatable bonds is 6. The van der Waals surface area contributed by atoms with Crippen molar-refractivity contribution in [1.82, 2.24) is 25.3 Å². The zero-order valence-corrected chi connectivity index (χ0v) is 18.5. The third-order valence-electron chi connectivity index (χ3n) is 6.20. The van der Waals surface area contributed by atoms with Gasteiger partial charge in [-0.1, -0.05) is 37.5 Å². The smallest absolute Gasteiger partial charge is 0.225 e. The lowest BCUT2D eigenvalue weighted by molar-refractivity contribution is -0.135. The van der Waals surface area contributed by atoms with Crippen LogP contribution in [0.25, 0.3) is 5.69 Å². The summed E-state index contributed by atoms with van der Waals surface area (Å²) < 4.78 is 1.87. The van der Waals surface area contributed by atoms with Crippen LogP contribution in [0.1, 0.15) is 51.1 Å². The van der Waals surface area contributed by atoms with Crippen LogP contribution in [-0.4, -0.2) is 52.2 Å². The Morgan fingerprint density at radius 1 is 1.13 bits per heavy atom. The highest BCUT2D eigenvalue weighted by molar-refractivity contribution is 5.81. The topological polar surface area (TPSA) is 74.6 Å². The number of hydrogen-bond donors (Lipinski definition) is 2. The largest absolute Gasteiger partial charge is 0.357 e. The lowest BCUT2D eigenvalue weighted by Crippen LogP contribution is -2.45. The first-order valence-electron chi connectivity index (χ1n) is 11.7. The molecule has 1 saturated heterocycles. The third-order valence-corrected chi connectivity index (χ3v) is 6.20. The standard InChI is InChI=1S/C24H34N6O/c1-2-25-24(26-17-20-14-16-30(28-20)22-11-7-4-8-12-22)27-21-13-15-29(18-21)23(31)19-9-5-3-6-10-19/h4,7-8,11-12,14,16,19,21H,2-3,5-6,9-10,13,15,17-18H2,1H3,(H2,25,26,27). The van der Waals surface area contributed by atoms with Crippen molar-refractivity contribution >= 4 is 11.9 Å².